The average molecular weight is 389 g/mol. The summed E-state index contributed by atoms with van der Waals surface area (Å²) in [7, 11) is -3.79. The highest BCUT2D eigenvalue weighted by atomic mass is 32.2. The fourth-order valence-corrected chi connectivity index (χ4v) is 4.52. The van der Waals surface area contributed by atoms with E-state index in [1.165, 1.54) is 22.5 Å². The first-order valence-electron chi connectivity index (χ1n) is 8.31. The molecule has 0 saturated carbocycles. The first kappa shape index (κ1) is 17.6. The van der Waals surface area contributed by atoms with Crippen molar-refractivity contribution in [2.45, 2.75) is 4.90 Å². The molecule has 0 aliphatic carbocycles. The molecule has 1 saturated heterocycles. The average Bonchev–Trinajstić information content (AvgIpc) is 3.15. The second-order valence-electron chi connectivity index (χ2n) is 6.18. The number of carbonyl (C=O) groups is 1. The van der Waals surface area contributed by atoms with E-state index in [-0.39, 0.29) is 37.0 Å². The van der Waals surface area contributed by atoms with Gasteiger partial charge in [-0.2, -0.15) is 19.7 Å². The van der Waals surface area contributed by atoms with Crippen molar-refractivity contribution in [3.8, 4) is 0 Å². The molecule has 0 radical (unpaired) electrons. The number of benzene rings is 2. The SMILES string of the molecule is O=C(c1ccc2n[nH]nc2c1)N1CCN(S(=O)(=O)c2cccc(F)c2)CC1. The van der Waals surface area contributed by atoms with Crippen LogP contribution in [-0.2, 0) is 10.0 Å². The van der Waals surface area contributed by atoms with Crippen molar-refractivity contribution in [3.05, 3.63) is 53.8 Å². The molecule has 0 unspecified atom stereocenters. The van der Waals surface area contributed by atoms with Gasteiger partial charge in [-0.1, -0.05) is 6.07 Å². The Kier molecular flexibility index (Phi) is 4.36. The van der Waals surface area contributed by atoms with E-state index in [4.69, 9.17) is 0 Å². The fourth-order valence-electron chi connectivity index (χ4n) is 3.06. The summed E-state index contributed by atoms with van der Waals surface area (Å²) in [6.07, 6.45) is 0. The van der Waals surface area contributed by atoms with E-state index in [9.17, 15) is 17.6 Å². The van der Waals surface area contributed by atoms with Crippen LogP contribution < -0.4 is 0 Å². The third-order valence-electron chi connectivity index (χ3n) is 4.52. The second-order valence-corrected chi connectivity index (χ2v) is 8.12. The van der Waals surface area contributed by atoms with Crippen molar-refractivity contribution in [3.63, 3.8) is 0 Å². The highest BCUT2D eigenvalue weighted by Crippen LogP contribution is 2.20. The molecule has 140 valence electrons. The number of fused-ring (bicyclic) bond motifs is 1. The maximum Gasteiger partial charge on any atom is 0.254 e. The first-order valence-corrected chi connectivity index (χ1v) is 9.75. The number of H-pyrrole nitrogens is 1. The van der Waals surface area contributed by atoms with Crippen LogP contribution in [0.4, 0.5) is 4.39 Å². The van der Waals surface area contributed by atoms with Crippen LogP contribution >= 0.6 is 0 Å². The van der Waals surface area contributed by atoms with Gasteiger partial charge in [0.15, 0.2) is 0 Å². The zero-order chi connectivity index (χ0) is 19.0. The lowest BCUT2D eigenvalue weighted by atomic mass is 10.1. The number of piperazine rings is 1. The summed E-state index contributed by atoms with van der Waals surface area (Å²) in [5.41, 5.74) is 1.73. The van der Waals surface area contributed by atoms with Gasteiger partial charge in [0.2, 0.25) is 10.0 Å². The molecular formula is C17H16FN5O3S. The van der Waals surface area contributed by atoms with Gasteiger partial charge < -0.3 is 4.90 Å². The number of amides is 1. The van der Waals surface area contributed by atoms with E-state index in [1.807, 2.05) is 0 Å². The Balaban J connectivity index is 1.47. The molecule has 10 heteroatoms. The topological polar surface area (TPSA) is 99.3 Å². The normalized spacial score (nSPS) is 16.0. The Bertz CT molecular complexity index is 1110. The number of aromatic amines is 1. The summed E-state index contributed by atoms with van der Waals surface area (Å²) in [4.78, 5) is 14.2. The number of carbonyl (C=O) groups excluding carboxylic acids is 1. The van der Waals surface area contributed by atoms with Crippen molar-refractivity contribution in [2.24, 2.45) is 0 Å². The number of nitrogens with one attached hydrogen (secondary N) is 1. The molecule has 0 bridgehead atoms. The summed E-state index contributed by atoms with van der Waals surface area (Å²) < 4.78 is 39.9. The van der Waals surface area contributed by atoms with Crippen LogP contribution in [0.25, 0.3) is 11.0 Å². The minimum absolute atomic E-state index is 0.0845. The minimum atomic E-state index is -3.79. The summed E-state index contributed by atoms with van der Waals surface area (Å²) in [5.74, 6) is -0.796. The summed E-state index contributed by atoms with van der Waals surface area (Å²) in [6.45, 7) is 0.808. The van der Waals surface area contributed by atoms with Crippen LogP contribution in [0.2, 0.25) is 0 Å². The molecule has 1 amide bonds. The maximum absolute atomic E-state index is 13.4. The Morgan fingerprint density at radius 3 is 2.48 bits per heavy atom. The van der Waals surface area contributed by atoms with Gasteiger partial charge in [-0.25, -0.2) is 12.8 Å². The van der Waals surface area contributed by atoms with Crippen LogP contribution in [0.5, 0.6) is 0 Å². The number of aromatic nitrogens is 3. The molecule has 1 fully saturated rings. The van der Waals surface area contributed by atoms with Gasteiger partial charge >= 0.3 is 0 Å². The fraction of sp³-hybridized carbons (Fsp3) is 0.235. The van der Waals surface area contributed by atoms with E-state index < -0.39 is 15.8 Å². The first-order chi connectivity index (χ1) is 12.9. The molecule has 2 heterocycles. The Hall–Kier alpha value is -2.85. The van der Waals surface area contributed by atoms with Gasteiger partial charge in [-0.15, -0.1) is 0 Å². The third-order valence-corrected chi connectivity index (χ3v) is 6.42. The highest BCUT2D eigenvalue weighted by molar-refractivity contribution is 7.89. The molecule has 1 aliphatic heterocycles. The quantitative estimate of drug-likeness (QED) is 0.727. The summed E-state index contributed by atoms with van der Waals surface area (Å²) in [6, 6.07) is 9.95. The van der Waals surface area contributed by atoms with Gasteiger partial charge in [0.05, 0.1) is 4.90 Å². The predicted octanol–water partition coefficient (Wildman–Crippen LogP) is 1.24. The van der Waals surface area contributed by atoms with E-state index in [0.717, 1.165) is 6.07 Å². The van der Waals surface area contributed by atoms with Gasteiger partial charge in [-0.3, -0.25) is 4.79 Å². The van der Waals surface area contributed by atoms with Crippen LogP contribution in [0.3, 0.4) is 0 Å². The molecule has 4 rings (SSSR count). The number of sulfonamides is 1. The van der Waals surface area contributed by atoms with Gasteiger partial charge in [0.25, 0.3) is 5.91 Å². The number of hydrogen-bond donors (Lipinski definition) is 1. The molecule has 1 aliphatic rings. The van der Waals surface area contributed by atoms with Crippen LogP contribution in [0, 0.1) is 5.82 Å². The smallest absolute Gasteiger partial charge is 0.254 e. The van der Waals surface area contributed by atoms with Crippen molar-refractivity contribution in [1.82, 2.24) is 24.6 Å². The van der Waals surface area contributed by atoms with Crippen molar-refractivity contribution < 1.29 is 17.6 Å². The molecule has 2 aromatic carbocycles. The lowest BCUT2D eigenvalue weighted by Crippen LogP contribution is -2.50. The standard InChI is InChI=1S/C17H16FN5O3S/c18-13-2-1-3-14(11-13)27(25,26)23-8-6-22(7-9-23)17(24)12-4-5-15-16(10-12)20-21-19-15/h1-5,10-11H,6-9H2,(H,19,20,21). The van der Waals surface area contributed by atoms with E-state index >= 15 is 0 Å². The zero-order valence-corrected chi connectivity index (χ0v) is 15.0. The number of rotatable bonds is 3. The molecule has 1 N–H and O–H groups in total. The van der Waals surface area contributed by atoms with Crippen LogP contribution in [-0.4, -0.2) is 65.1 Å². The lowest BCUT2D eigenvalue weighted by Gasteiger charge is -2.34. The van der Waals surface area contributed by atoms with E-state index in [1.54, 1.807) is 23.1 Å². The molecular weight excluding hydrogens is 373 g/mol. The molecule has 8 nitrogen and oxygen atoms in total. The molecule has 1 aromatic heterocycles. The lowest BCUT2D eigenvalue weighted by molar-refractivity contribution is 0.0698. The van der Waals surface area contributed by atoms with Crippen molar-refractivity contribution >= 4 is 27.0 Å². The predicted molar refractivity (Wildman–Crippen MR) is 95.0 cm³/mol. The number of halogens is 1. The molecule has 0 spiro atoms. The molecule has 3 aromatic rings. The Morgan fingerprint density at radius 1 is 1.00 bits per heavy atom. The monoisotopic (exact) mass is 389 g/mol. The Morgan fingerprint density at radius 2 is 1.74 bits per heavy atom. The second kappa shape index (κ2) is 6.71. The van der Waals surface area contributed by atoms with Crippen molar-refractivity contribution in [2.75, 3.05) is 26.2 Å². The van der Waals surface area contributed by atoms with E-state index in [2.05, 4.69) is 15.4 Å². The molecule has 0 atom stereocenters. The summed E-state index contributed by atoms with van der Waals surface area (Å²) >= 11 is 0. The summed E-state index contributed by atoms with van der Waals surface area (Å²) in [5, 5.41) is 10.4. The largest absolute Gasteiger partial charge is 0.336 e. The zero-order valence-electron chi connectivity index (χ0n) is 14.2. The van der Waals surface area contributed by atoms with Crippen molar-refractivity contribution in [1.29, 1.82) is 0 Å². The Labute approximate surface area is 154 Å². The maximum atomic E-state index is 13.4. The molecule has 27 heavy (non-hydrogen) atoms. The van der Waals surface area contributed by atoms with Gasteiger partial charge in [0, 0.05) is 31.7 Å². The highest BCUT2D eigenvalue weighted by Gasteiger charge is 2.30. The minimum Gasteiger partial charge on any atom is -0.336 e. The van der Waals surface area contributed by atoms with Gasteiger partial charge in [-0.05, 0) is 36.4 Å². The number of nitrogens with zero attached hydrogens (tertiary/aromatic N) is 4. The number of hydrogen-bond acceptors (Lipinski definition) is 5. The van der Waals surface area contributed by atoms with E-state index in [0.29, 0.717) is 16.6 Å². The third kappa shape index (κ3) is 3.28. The van der Waals surface area contributed by atoms with Crippen LogP contribution in [0.1, 0.15) is 10.4 Å². The van der Waals surface area contributed by atoms with Crippen LogP contribution in [0.15, 0.2) is 47.4 Å². The van der Waals surface area contributed by atoms with Gasteiger partial charge in [0.1, 0.15) is 16.9 Å².